The van der Waals surface area contributed by atoms with Crippen molar-refractivity contribution in [3.05, 3.63) is 23.3 Å². The summed E-state index contributed by atoms with van der Waals surface area (Å²) in [4.78, 5) is -12.2. The van der Waals surface area contributed by atoms with Gasteiger partial charge >= 0.3 is 0 Å². The quantitative estimate of drug-likeness (QED) is 0.0887. The lowest BCUT2D eigenvalue weighted by Crippen LogP contribution is -2.18. The fraction of sp³-hybridized carbons (Fsp3) is 0. The van der Waals surface area contributed by atoms with Crippen LogP contribution in [0.2, 0.25) is 0 Å². The van der Waals surface area contributed by atoms with Crippen LogP contribution in [0.4, 0.5) is 11.4 Å². The first-order valence-electron chi connectivity index (χ1n) is 8.96. The minimum Gasteiger partial charge on any atom is -0.398 e. The Bertz CT molecular complexity index is 1990. The summed E-state index contributed by atoms with van der Waals surface area (Å²) in [5.41, 5.74) is 5.72. The Morgan fingerprint density at radius 1 is 0.400 bits per heavy atom. The number of benzene rings is 2. The molecule has 0 aliphatic rings. The monoisotopic (exact) mass is 690 g/mol. The van der Waals surface area contributed by atoms with Gasteiger partial charge in [-0.25, -0.2) is 0 Å². The van der Waals surface area contributed by atoms with Crippen LogP contribution in [-0.4, -0.2) is 77.8 Å². The molecule has 0 atom stereocenters. The summed E-state index contributed by atoms with van der Waals surface area (Å²) in [5, 5.41) is 0. The highest BCUT2D eigenvalue weighted by atomic mass is 32.2. The molecule has 0 unspecified atom stereocenters. The lowest BCUT2D eigenvalue weighted by atomic mass is 10.1. The van der Waals surface area contributed by atoms with Crippen molar-refractivity contribution >= 4 is 84.2 Å². The molecule has 0 radical (unpaired) electrons. The van der Waals surface area contributed by atoms with Gasteiger partial charge in [-0.05, 0) is 23.3 Å². The first-order valence-corrected chi connectivity index (χ1v) is 17.6. The molecule has 40 heavy (non-hydrogen) atoms. The molecule has 224 valence electrons. The Labute approximate surface area is 225 Å². The van der Waals surface area contributed by atoms with E-state index in [2.05, 4.69) is 0 Å². The predicted molar refractivity (Wildman–Crippen MR) is 130 cm³/mol. The molecule has 20 nitrogen and oxygen atoms in total. The first-order chi connectivity index (χ1) is 17.5. The van der Waals surface area contributed by atoms with E-state index in [0.717, 1.165) is 0 Å². The summed E-state index contributed by atoms with van der Waals surface area (Å²) < 4.78 is 199. The van der Waals surface area contributed by atoms with E-state index in [1.807, 2.05) is 0 Å². The molecule has 0 saturated heterocycles. The normalized spacial score (nSPS) is 14.1. The van der Waals surface area contributed by atoms with Crippen molar-refractivity contribution in [3.63, 3.8) is 0 Å². The maximum atomic E-state index is 12.0. The van der Waals surface area contributed by atoms with Gasteiger partial charge in [-0.3, -0.25) is 27.3 Å². The third-order valence-corrected chi connectivity index (χ3v) is 10.7. The minimum atomic E-state index is -6.00. The zero-order valence-electron chi connectivity index (χ0n) is 18.5. The second kappa shape index (κ2) is 9.95. The molecule has 2 rings (SSSR count). The van der Waals surface area contributed by atoms with E-state index >= 15 is 0 Å². The second-order valence-electron chi connectivity index (χ2n) is 7.27. The average molecular weight is 691 g/mol. The smallest absolute Gasteiger partial charge is 0.298 e. The predicted octanol–water partition coefficient (Wildman–Crippen LogP) is -1.50. The van der Waals surface area contributed by atoms with Gasteiger partial charge in [0.25, 0.3) is 60.7 Å². The molecular weight excluding hydrogens is 677 g/mol. The van der Waals surface area contributed by atoms with Crippen molar-refractivity contribution in [2.45, 2.75) is 29.4 Å². The second-order valence-corrected chi connectivity index (χ2v) is 15.4. The number of rotatable bonds is 8. The summed E-state index contributed by atoms with van der Waals surface area (Å²) in [7, 11) is -35.3. The molecule has 0 heterocycles. The Morgan fingerprint density at radius 3 is 0.775 bits per heavy atom. The third-order valence-electron chi connectivity index (χ3n) is 4.49. The minimum absolute atomic E-state index is 0.240. The molecule has 10 N–H and O–H groups in total. The largest absolute Gasteiger partial charge is 0.398 e. The van der Waals surface area contributed by atoms with Gasteiger partial charge in [-0.2, -0.15) is 50.5 Å². The first kappa shape index (κ1) is 33.4. The standard InChI is InChI=1S/C14H14N2O18S6/c15-7-3-5(9(35(17,18)19)13(39(29,30)31)11(7)37(23,24)25)1-2-6-4-8(16)12(38(26,27)28)14(40(32,33)34)10(6)36(20,21)22/h1-4H,15-16H2,(H,17,18,19)(H,20,21,22)(H,23,24,25)(H,26,27,28)(H,29,30,31)(H,32,33,34)/b2-1+. The van der Waals surface area contributed by atoms with Gasteiger partial charge in [-0.1, -0.05) is 12.2 Å². The molecule has 2 aromatic carbocycles. The highest BCUT2D eigenvalue weighted by Gasteiger charge is 2.38. The third kappa shape index (κ3) is 6.75. The van der Waals surface area contributed by atoms with Crippen molar-refractivity contribution in [2.24, 2.45) is 0 Å². The molecule has 0 spiro atoms. The molecule has 0 aromatic heterocycles. The van der Waals surface area contributed by atoms with Crippen LogP contribution in [0.1, 0.15) is 11.1 Å². The van der Waals surface area contributed by atoms with Crippen molar-refractivity contribution in [3.8, 4) is 0 Å². The molecule has 0 bridgehead atoms. The van der Waals surface area contributed by atoms with E-state index in [4.69, 9.17) is 11.5 Å². The van der Waals surface area contributed by atoms with Crippen molar-refractivity contribution in [1.82, 2.24) is 0 Å². The fourth-order valence-electron chi connectivity index (χ4n) is 3.29. The highest BCUT2D eigenvalue weighted by molar-refractivity contribution is 7.91. The van der Waals surface area contributed by atoms with Gasteiger partial charge in [-0.15, -0.1) is 0 Å². The fourth-order valence-corrected chi connectivity index (χ4v) is 10.3. The average Bonchev–Trinajstić information content (AvgIpc) is 2.65. The lowest BCUT2D eigenvalue weighted by Gasteiger charge is -2.15. The van der Waals surface area contributed by atoms with Gasteiger partial charge in [0.15, 0.2) is 0 Å². The number of hydrogen-bond acceptors (Lipinski definition) is 14. The zero-order valence-corrected chi connectivity index (χ0v) is 23.4. The van der Waals surface area contributed by atoms with Gasteiger partial charge < -0.3 is 11.5 Å². The number of anilines is 2. The van der Waals surface area contributed by atoms with Crippen LogP contribution in [-0.2, 0) is 60.7 Å². The summed E-state index contributed by atoms with van der Waals surface area (Å²) in [6, 6.07) is 0.480. The zero-order chi connectivity index (χ0) is 31.6. The molecule has 0 aliphatic carbocycles. The topological polar surface area (TPSA) is 378 Å². The molecule has 0 fully saturated rings. The van der Waals surface area contributed by atoms with Gasteiger partial charge in [0.05, 0.1) is 11.4 Å². The molecular formula is C14H14N2O18S6. The summed E-state index contributed by atoms with van der Waals surface area (Å²) >= 11 is 0. The van der Waals surface area contributed by atoms with E-state index in [-0.39, 0.29) is 24.3 Å². The summed E-state index contributed by atoms with van der Waals surface area (Å²) in [6.07, 6.45) is 0.485. The lowest BCUT2D eigenvalue weighted by molar-refractivity contribution is 0.456. The molecule has 0 saturated carbocycles. The summed E-state index contributed by atoms with van der Waals surface area (Å²) in [6.45, 7) is 0. The summed E-state index contributed by atoms with van der Waals surface area (Å²) in [5.74, 6) is 0. The molecule has 26 heteroatoms. The van der Waals surface area contributed by atoms with Gasteiger partial charge in [0, 0.05) is 0 Å². The Balaban J connectivity index is 3.28. The van der Waals surface area contributed by atoms with Crippen LogP contribution in [0.5, 0.6) is 0 Å². The maximum Gasteiger partial charge on any atom is 0.298 e. The number of nitrogens with two attached hydrogens (primary N) is 2. The number of nitrogen functional groups attached to an aromatic ring is 2. The maximum absolute atomic E-state index is 12.0. The molecule has 0 amide bonds. The highest BCUT2D eigenvalue weighted by Crippen LogP contribution is 2.39. The van der Waals surface area contributed by atoms with E-state index in [1.54, 1.807) is 0 Å². The van der Waals surface area contributed by atoms with Crippen LogP contribution in [0.15, 0.2) is 41.5 Å². The van der Waals surface area contributed by atoms with Gasteiger partial charge in [0.1, 0.15) is 29.4 Å². The Morgan fingerprint density at radius 2 is 0.600 bits per heavy atom. The van der Waals surface area contributed by atoms with Crippen LogP contribution < -0.4 is 11.5 Å². The van der Waals surface area contributed by atoms with E-state index in [9.17, 15) is 77.8 Å². The molecule has 2 aromatic rings. The van der Waals surface area contributed by atoms with Crippen molar-refractivity contribution < 1.29 is 77.8 Å². The van der Waals surface area contributed by atoms with Crippen molar-refractivity contribution in [1.29, 1.82) is 0 Å². The van der Waals surface area contributed by atoms with Gasteiger partial charge in [0.2, 0.25) is 0 Å². The number of hydrogen-bond donors (Lipinski definition) is 8. The Kier molecular flexibility index (Phi) is 8.32. The van der Waals surface area contributed by atoms with Crippen LogP contribution in [0.25, 0.3) is 12.2 Å². The van der Waals surface area contributed by atoms with Crippen LogP contribution in [0, 0.1) is 0 Å². The van der Waals surface area contributed by atoms with E-state index < -0.39 is 113 Å². The van der Waals surface area contributed by atoms with Crippen molar-refractivity contribution in [2.75, 3.05) is 11.5 Å². The van der Waals surface area contributed by atoms with Crippen LogP contribution in [0.3, 0.4) is 0 Å². The van der Waals surface area contributed by atoms with Crippen LogP contribution >= 0.6 is 0 Å². The van der Waals surface area contributed by atoms with E-state index in [0.29, 0.717) is 0 Å². The SMILES string of the molecule is Nc1cc(/C=C/c2cc(N)c(S(=O)(=O)O)c(S(=O)(=O)O)c2S(=O)(=O)O)c(S(=O)(=O)O)c(S(=O)(=O)O)c1S(=O)(=O)O. The van der Waals surface area contributed by atoms with E-state index in [1.165, 1.54) is 0 Å². The molecule has 0 aliphatic heterocycles. The Hall–Kier alpha value is -2.76.